The molecule has 3 N–H and O–H groups in total. The van der Waals surface area contributed by atoms with Crippen molar-refractivity contribution >= 4 is 28.9 Å². The smallest absolute Gasteiger partial charge is 0.354 e. The lowest BCUT2D eigenvalue weighted by atomic mass is 9.96. The van der Waals surface area contributed by atoms with Gasteiger partial charge in [0.2, 0.25) is 0 Å². The van der Waals surface area contributed by atoms with Gasteiger partial charge in [0.25, 0.3) is 0 Å². The number of benzene rings is 2. The number of hydrogen-bond donors (Lipinski definition) is 3. The lowest BCUT2D eigenvalue weighted by Gasteiger charge is -2.29. The van der Waals surface area contributed by atoms with Crippen LogP contribution in [0.2, 0.25) is 0 Å². The highest BCUT2D eigenvalue weighted by atomic mass is 16.5. The quantitative estimate of drug-likeness (QED) is 0.515. The van der Waals surface area contributed by atoms with Crippen molar-refractivity contribution in [1.29, 1.82) is 5.41 Å². The minimum absolute atomic E-state index is 0.0734. The molecule has 0 bridgehead atoms. The molecule has 0 saturated carbocycles. The molecule has 0 radical (unpaired) electrons. The zero-order valence-electron chi connectivity index (χ0n) is 17.3. The second-order valence-electron chi connectivity index (χ2n) is 7.35. The standard InChI is InChI=1S/C24H24N4O3/c1-16(25)22-20(17-7-9-19(10-8-17)28-11-13-31-14-12-28)15-21(24(29)30)27-23(22)26-18-5-3-2-4-6-18/h2-10,15,25H,11-14H2,1H3,(H,26,27)(H,29,30). The third-order valence-electron chi connectivity index (χ3n) is 5.20. The van der Waals surface area contributed by atoms with Gasteiger partial charge in [0.05, 0.1) is 13.2 Å². The molecule has 0 amide bonds. The van der Waals surface area contributed by atoms with Crippen LogP contribution in [0.25, 0.3) is 11.1 Å². The predicted molar refractivity (Wildman–Crippen MR) is 122 cm³/mol. The fraction of sp³-hybridized carbons (Fsp3) is 0.208. The number of anilines is 3. The van der Waals surface area contributed by atoms with Crippen LogP contribution in [0, 0.1) is 5.41 Å². The molecule has 1 fully saturated rings. The molecule has 4 rings (SSSR count). The third kappa shape index (κ3) is 4.57. The van der Waals surface area contributed by atoms with Crippen LogP contribution in [-0.4, -0.2) is 48.1 Å². The minimum atomic E-state index is -1.11. The largest absolute Gasteiger partial charge is 0.477 e. The summed E-state index contributed by atoms with van der Waals surface area (Å²) < 4.78 is 5.42. The highest BCUT2D eigenvalue weighted by Crippen LogP contribution is 2.32. The van der Waals surface area contributed by atoms with Crippen LogP contribution >= 0.6 is 0 Å². The van der Waals surface area contributed by atoms with E-state index < -0.39 is 5.97 Å². The third-order valence-corrected chi connectivity index (χ3v) is 5.20. The molecular weight excluding hydrogens is 392 g/mol. The summed E-state index contributed by atoms with van der Waals surface area (Å²) in [6.45, 7) is 4.78. The summed E-state index contributed by atoms with van der Waals surface area (Å²) >= 11 is 0. The number of nitrogens with one attached hydrogen (secondary N) is 2. The van der Waals surface area contributed by atoms with Gasteiger partial charge in [-0.25, -0.2) is 9.78 Å². The zero-order valence-corrected chi connectivity index (χ0v) is 17.3. The van der Waals surface area contributed by atoms with Crippen molar-refractivity contribution in [3.05, 3.63) is 71.9 Å². The first-order valence-electron chi connectivity index (χ1n) is 10.1. The Bertz CT molecular complexity index is 1090. The van der Waals surface area contributed by atoms with Crippen molar-refractivity contribution in [1.82, 2.24) is 4.98 Å². The van der Waals surface area contributed by atoms with Gasteiger partial charge >= 0.3 is 5.97 Å². The summed E-state index contributed by atoms with van der Waals surface area (Å²) in [5, 5.41) is 21.2. The molecule has 158 valence electrons. The molecule has 1 aliphatic heterocycles. The van der Waals surface area contributed by atoms with E-state index in [0.717, 1.165) is 30.0 Å². The molecule has 0 spiro atoms. The number of pyridine rings is 1. The van der Waals surface area contributed by atoms with Crippen LogP contribution in [0.5, 0.6) is 0 Å². The van der Waals surface area contributed by atoms with E-state index in [2.05, 4.69) is 15.2 Å². The van der Waals surface area contributed by atoms with Crippen molar-refractivity contribution in [2.24, 2.45) is 0 Å². The van der Waals surface area contributed by atoms with E-state index >= 15 is 0 Å². The number of aromatic carboxylic acids is 1. The molecule has 0 unspecified atom stereocenters. The van der Waals surface area contributed by atoms with Crippen molar-refractivity contribution in [2.45, 2.75) is 6.92 Å². The maximum Gasteiger partial charge on any atom is 0.354 e. The number of hydrogen-bond acceptors (Lipinski definition) is 6. The van der Waals surface area contributed by atoms with Gasteiger partial charge in [-0.15, -0.1) is 0 Å². The van der Waals surface area contributed by atoms with Crippen molar-refractivity contribution in [2.75, 3.05) is 36.5 Å². The summed E-state index contributed by atoms with van der Waals surface area (Å²) in [6.07, 6.45) is 0. The van der Waals surface area contributed by atoms with E-state index in [0.29, 0.717) is 35.9 Å². The van der Waals surface area contributed by atoms with Gasteiger partial charge in [0.15, 0.2) is 5.69 Å². The molecule has 7 heteroatoms. The minimum Gasteiger partial charge on any atom is -0.477 e. The van der Waals surface area contributed by atoms with E-state index in [1.807, 2.05) is 54.6 Å². The molecule has 1 aliphatic rings. The molecule has 0 atom stereocenters. The first-order chi connectivity index (χ1) is 15.0. The summed E-state index contributed by atoms with van der Waals surface area (Å²) in [6, 6.07) is 18.9. The second kappa shape index (κ2) is 8.97. The average Bonchev–Trinajstić information content (AvgIpc) is 2.79. The summed E-state index contributed by atoms with van der Waals surface area (Å²) in [7, 11) is 0. The Morgan fingerprint density at radius 2 is 1.77 bits per heavy atom. The molecule has 2 heterocycles. The number of para-hydroxylation sites is 1. The normalized spacial score (nSPS) is 13.6. The fourth-order valence-corrected chi connectivity index (χ4v) is 3.68. The van der Waals surface area contributed by atoms with E-state index in [-0.39, 0.29) is 5.69 Å². The highest BCUT2D eigenvalue weighted by molar-refractivity contribution is 6.08. The van der Waals surface area contributed by atoms with Crippen LogP contribution < -0.4 is 10.2 Å². The van der Waals surface area contributed by atoms with Gasteiger partial charge < -0.3 is 25.5 Å². The predicted octanol–water partition coefficient (Wildman–Crippen LogP) is 4.41. The van der Waals surface area contributed by atoms with Gasteiger partial charge in [0, 0.05) is 35.7 Å². The number of aromatic nitrogens is 1. The Morgan fingerprint density at radius 1 is 1.10 bits per heavy atom. The second-order valence-corrected chi connectivity index (χ2v) is 7.35. The van der Waals surface area contributed by atoms with E-state index in [4.69, 9.17) is 10.1 Å². The number of rotatable bonds is 6. The van der Waals surface area contributed by atoms with Gasteiger partial charge in [-0.05, 0) is 48.4 Å². The number of morpholine rings is 1. The van der Waals surface area contributed by atoms with Crippen molar-refractivity contribution in [3.8, 4) is 11.1 Å². The summed E-state index contributed by atoms with van der Waals surface area (Å²) in [5.74, 6) is -0.762. The number of ether oxygens (including phenoxy) is 1. The Kier molecular flexibility index (Phi) is 5.95. The number of carboxylic acids is 1. The maximum atomic E-state index is 11.8. The lowest BCUT2D eigenvalue weighted by Crippen LogP contribution is -2.36. The SMILES string of the molecule is CC(=N)c1c(-c2ccc(N3CCOCC3)cc2)cc(C(=O)O)nc1Nc1ccccc1. The van der Waals surface area contributed by atoms with Crippen LogP contribution in [0.4, 0.5) is 17.2 Å². The summed E-state index contributed by atoms with van der Waals surface area (Å²) in [4.78, 5) is 18.3. The fourth-order valence-electron chi connectivity index (χ4n) is 3.68. The number of nitrogens with zero attached hydrogens (tertiary/aromatic N) is 2. The molecule has 0 aliphatic carbocycles. The number of carboxylic acid groups (broad SMARTS) is 1. The molecule has 7 nitrogen and oxygen atoms in total. The maximum absolute atomic E-state index is 11.8. The van der Waals surface area contributed by atoms with Crippen LogP contribution in [0.3, 0.4) is 0 Å². The summed E-state index contributed by atoms with van der Waals surface area (Å²) in [5.41, 5.74) is 4.16. The Hall–Kier alpha value is -3.71. The first-order valence-corrected chi connectivity index (χ1v) is 10.1. The number of carbonyl (C=O) groups is 1. The molecule has 31 heavy (non-hydrogen) atoms. The Morgan fingerprint density at radius 3 is 2.39 bits per heavy atom. The molecule has 2 aromatic carbocycles. The molecule has 1 saturated heterocycles. The Labute approximate surface area is 180 Å². The Balaban J connectivity index is 1.78. The van der Waals surface area contributed by atoms with Gasteiger partial charge in [-0.2, -0.15) is 0 Å². The average molecular weight is 416 g/mol. The molecule has 3 aromatic rings. The topological polar surface area (TPSA) is 98.5 Å². The zero-order chi connectivity index (χ0) is 21.8. The lowest BCUT2D eigenvalue weighted by molar-refractivity contribution is 0.0690. The van der Waals surface area contributed by atoms with E-state index in [1.165, 1.54) is 6.07 Å². The highest BCUT2D eigenvalue weighted by Gasteiger charge is 2.20. The van der Waals surface area contributed by atoms with Gasteiger partial charge in [0.1, 0.15) is 5.82 Å². The van der Waals surface area contributed by atoms with Crippen LogP contribution in [0.15, 0.2) is 60.7 Å². The van der Waals surface area contributed by atoms with Crippen molar-refractivity contribution in [3.63, 3.8) is 0 Å². The monoisotopic (exact) mass is 416 g/mol. The van der Waals surface area contributed by atoms with E-state index in [1.54, 1.807) is 6.92 Å². The van der Waals surface area contributed by atoms with Crippen LogP contribution in [0.1, 0.15) is 23.0 Å². The van der Waals surface area contributed by atoms with E-state index in [9.17, 15) is 9.90 Å². The van der Waals surface area contributed by atoms with Crippen LogP contribution in [-0.2, 0) is 4.74 Å². The first kappa shape index (κ1) is 20.6. The molecular formula is C24H24N4O3. The van der Waals surface area contributed by atoms with Gasteiger partial charge in [-0.3, -0.25) is 0 Å². The van der Waals surface area contributed by atoms with Crippen molar-refractivity contribution < 1.29 is 14.6 Å². The molecule has 1 aromatic heterocycles. The van der Waals surface area contributed by atoms with Gasteiger partial charge in [-0.1, -0.05) is 30.3 Å².